The molecule has 5 N–H and O–H groups in total. The van der Waals surface area contributed by atoms with E-state index >= 15 is 0 Å². The van der Waals surface area contributed by atoms with Crippen molar-refractivity contribution < 1.29 is 0 Å². The Morgan fingerprint density at radius 1 is 1.33 bits per heavy atom. The number of nitrogens with zero attached hydrogens (tertiary/aromatic N) is 3. The molecule has 0 unspecified atom stereocenters. The van der Waals surface area contributed by atoms with Gasteiger partial charge in [-0.05, 0) is 38.0 Å². The van der Waals surface area contributed by atoms with Gasteiger partial charge in [-0.15, -0.1) is 5.10 Å². The van der Waals surface area contributed by atoms with Crippen LogP contribution in [0.2, 0.25) is 0 Å². The molecule has 21 heavy (non-hydrogen) atoms. The number of rotatable bonds is 4. The van der Waals surface area contributed by atoms with E-state index in [-0.39, 0.29) is 0 Å². The first-order valence-electron chi connectivity index (χ1n) is 7.82. The second kappa shape index (κ2) is 5.89. The van der Waals surface area contributed by atoms with Gasteiger partial charge in [-0.1, -0.05) is 6.92 Å². The first-order chi connectivity index (χ1) is 10.2. The zero-order chi connectivity index (χ0) is 14.8. The van der Waals surface area contributed by atoms with E-state index in [9.17, 15) is 0 Å². The lowest BCUT2D eigenvalue weighted by Gasteiger charge is -2.28. The molecule has 6 heteroatoms. The number of hydrogen-bond acceptors (Lipinski definition) is 5. The molecule has 114 valence electrons. The molecule has 1 fully saturated rings. The van der Waals surface area contributed by atoms with E-state index < -0.39 is 0 Å². The Hall–Kier alpha value is -1.82. The Morgan fingerprint density at radius 2 is 2.10 bits per heavy atom. The molecule has 0 aliphatic heterocycles. The van der Waals surface area contributed by atoms with Crippen LogP contribution < -0.4 is 16.8 Å². The Kier molecular flexibility index (Phi) is 3.96. The van der Waals surface area contributed by atoms with Crippen molar-refractivity contribution in [3.8, 4) is 0 Å². The lowest BCUT2D eigenvalue weighted by molar-refractivity contribution is 0.396. The van der Waals surface area contributed by atoms with E-state index in [1.54, 1.807) is 10.7 Å². The van der Waals surface area contributed by atoms with Crippen LogP contribution in [0.5, 0.6) is 0 Å². The number of imidazole rings is 1. The van der Waals surface area contributed by atoms with Gasteiger partial charge in [-0.25, -0.2) is 9.50 Å². The fraction of sp³-hybridized carbons (Fsp3) is 0.600. The Bertz CT molecular complexity index is 612. The van der Waals surface area contributed by atoms with E-state index in [4.69, 9.17) is 11.5 Å². The summed E-state index contributed by atoms with van der Waals surface area (Å²) >= 11 is 0. The average Bonchev–Trinajstić information content (AvgIpc) is 2.93. The molecule has 0 aromatic carbocycles. The van der Waals surface area contributed by atoms with Crippen molar-refractivity contribution in [3.05, 3.63) is 18.0 Å². The second-order valence-corrected chi connectivity index (χ2v) is 5.91. The molecule has 3 rings (SSSR count). The lowest BCUT2D eigenvalue weighted by Crippen LogP contribution is -2.26. The molecule has 2 aromatic rings. The molecule has 1 aliphatic carbocycles. The standard InChI is InChI=1S/C15H24N6/c1-2-7-18-13-12(10-3-5-11(16)6-4-10)14(17)20-21-9-8-19-15(13)21/h8-11,18H,2-7,16H2,1H3,(H2,17,20). The molecule has 0 radical (unpaired) electrons. The largest absolute Gasteiger partial charge is 0.382 e. The first-order valence-corrected chi connectivity index (χ1v) is 7.82. The quantitative estimate of drug-likeness (QED) is 0.801. The summed E-state index contributed by atoms with van der Waals surface area (Å²) in [5.74, 6) is 1.04. The van der Waals surface area contributed by atoms with Crippen molar-refractivity contribution in [1.82, 2.24) is 14.6 Å². The molecule has 0 spiro atoms. The van der Waals surface area contributed by atoms with Crippen LogP contribution in [0.1, 0.15) is 50.5 Å². The Labute approximate surface area is 124 Å². The zero-order valence-electron chi connectivity index (χ0n) is 12.5. The molecule has 1 aliphatic rings. The van der Waals surface area contributed by atoms with Crippen molar-refractivity contribution in [1.29, 1.82) is 0 Å². The van der Waals surface area contributed by atoms with Gasteiger partial charge in [-0.2, -0.15) is 0 Å². The van der Waals surface area contributed by atoms with E-state index in [1.165, 1.54) is 0 Å². The fourth-order valence-corrected chi connectivity index (χ4v) is 3.22. The van der Waals surface area contributed by atoms with Gasteiger partial charge in [0.1, 0.15) is 5.82 Å². The summed E-state index contributed by atoms with van der Waals surface area (Å²) in [6.07, 6.45) is 8.91. The number of fused-ring (bicyclic) bond motifs is 1. The predicted molar refractivity (Wildman–Crippen MR) is 85.4 cm³/mol. The van der Waals surface area contributed by atoms with Crippen LogP contribution in [0, 0.1) is 0 Å². The molecule has 2 heterocycles. The summed E-state index contributed by atoms with van der Waals surface area (Å²) < 4.78 is 1.76. The van der Waals surface area contributed by atoms with Crippen molar-refractivity contribution >= 4 is 17.2 Å². The van der Waals surface area contributed by atoms with Gasteiger partial charge in [0.05, 0.1) is 5.69 Å². The van der Waals surface area contributed by atoms with Crippen molar-refractivity contribution in [2.24, 2.45) is 5.73 Å². The van der Waals surface area contributed by atoms with Gasteiger partial charge in [-0.3, -0.25) is 0 Å². The van der Waals surface area contributed by atoms with Crippen molar-refractivity contribution in [3.63, 3.8) is 0 Å². The van der Waals surface area contributed by atoms with Gasteiger partial charge in [0, 0.05) is 30.5 Å². The number of anilines is 2. The topological polar surface area (TPSA) is 94.3 Å². The van der Waals surface area contributed by atoms with Crippen molar-refractivity contribution in [2.45, 2.75) is 51.0 Å². The molecule has 0 saturated heterocycles. The van der Waals surface area contributed by atoms with E-state index in [2.05, 4.69) is 22.3 Å². The van der Waals surface area contributed by atoms with E-state index in [1.807, 2.05) is 6.20 Å². The molecule has 6 nitrogen and oxygen atoms in total. The highest BCUT2D eigenvalue weighted by Crippen LogP contribution is 2.40. The third-order valence-electron chi connectivity index (χ3n) is 4.34. The summed E-state index contributed by atoms with van der Waals surface area (Å²) in [5.41, 5.74) is 15.3. The monoisotopic (exact) mass is 288 g/mol. The smallest absolute Gasteiger partial charge is 0.177 e. The summed E-state index contributed by atoms with van der Waals surface area (Å²) in [6, 6.07) is 0.331. The number of nitrogen functional groups attached to an aromatic ring is 1. The van der Waals surface area contributed by atoms with Gasteiger partial charge < -0.3 is 16.8 Å². The number of aromatic nitrogens is 3. The highest BCUT2D eigenvalue weighted by molar-refractivity contribution is 5.76. The summed E-state index contributed by atoms with van der Waals surface area (Å²) in [6.45, 7) is 3.06. The van der Waals surface area contributed by atoms with E-state index in [0.29, 0.717) is 17.8 Å². The molecule has 0 atom stereocenters. The summed E-state index contributed by atoms with van der Waals surface area (Å²) in [4.78, 5) is 4.44. The van der Waals surface area contributed by atoms with Gasteiger partial charge in [0.15, 0.2) is 5.65 Å². The molecular weight excluding hydrogens is 264 g/mol. The lowest BCUT2D eigenvalue weighted by atomic mass is 9.81. The summed E-state index contributed by atoms with van der Waals surface area (Å²) in [5, 5.41) is 7.97. The van der Waals surface area contributed by atoms with Crippen LogP contribution in [-0.2, 0) is 0 Å². The second-order valence-electron chi connectivity index (χ2n) is 5.91. The van der Waals surface area contributed by atoms with Crippen LogP contribution in [-0.4, -0.2) is 27.2 Å². The Balaban J connectivity index is 2.04. The maximum Gasteiger partial charge on any atom is 0.177 e. The normalized spacial score (nSPS) is 22.6. The van der Waals surface area contributed by atoms with Crippen molar-refractivity contribution in [2.75, 3.05) is 17.6 Å². The van der Waals surface area contributed by atoms with Crippen LogP contribution in [0.15, 0.2) is 12.4 Å². The minimum atomic E-state index is 0.331. The molecule has 1 saturated carbocycles. The van der Waals surface area contributed by atoms with Crippen LogP contribution in [0.25, 0.3) is 5.65 Å². The van der Waals surface area contributed by atoms with Gasteiger partial charge in [0.2, 0.25) is 0 Å². The maximum atomic E-state index is 6.25. The summed E-state index contributed by atoms with van der Waals surface area (Å²) in [7, 11) is 0. The van der Waals surface area contributed by atoms with Crippen LogP contribution in [0.3, 0.4) is 0 Å². The molecule has 2 aromatic heterocycles. The first kappa shape index (κ1) is 14.1. The predicted octanol–water partition coefficient (Wildman–Crippen LogP) is 2.12. The Morgan fingerprint density at radius 3 is 2.81 bits per heavy atom. The third-order valence-corrected chi connectivity index (χ3v) is 4.34. The fourth-order valence-electron chi connectivity index (χ4n) is 3.22. The highest BCUT2D eigenvalue weighted by atomic mass is 15.3. The molecule has 0 amide bonds. The number of nitrogens with two attached hydrogens (primary N) is 2. The van der Waals surface area contributed by atoms with E-state index in [0.717, 1.165) is 55.5 Å². The number of nitrogens with one attached hydrogen (secondary N) is 1. The highest BCUT2D eigenvalue weighted by Gasteiger charge is 2.26. The van der Waals surface area contributed by atoms with Crippen LogP contribution >= 0.6 is 0 Å². The number of hydrogen-bond donors (Lipinski definition) is 3. The molecule has 0 bridgehead atoms. The SMILES string of the molecule is CCCNc1c(C2CCC(N)CC2)c(N)nn2ccnc12. The molecular formula is C15H24N6. The van der Waals surface area contributed by atoms with Gasteiger partial charge >= 0.3 is 0 Å². The van der Waals surface area contributed by atoms with Crippen LogP contribution in [0.4, 0.5) is 11.5 Å². The maximum absolute atomic E-state index is 6.25. The minimum absolute atomic E-state index is 0.331. The minimum Gasteiger partial charge on any atom is -0.382 e. The zero-order valence-corrected chi connectivity index (χ0v) is 12.5. The van der Waals surface area contributed by atoms with Gasteiger partial charge in [0.25, 0.3) is 0 Å². The average molecular weight is 288 g/mol. The third kappa shape index (κ3) is 2.68.